The lowest BCUT2D eigenvalue weighted by molar-refractivity contribution is 0.268. The Hall–Kier alpha value is -4.83. The summed E-state index contributed by atoms with van der Waals surface area (Å²) in [6.45, 7) is 0. The van der Waals surface area contributed by atoms with Crippen molar-refractivity contribution in [1.29, 1.82) is 0 Å². The van der Waals surface area contributed by atoms with Gasteiger partial charge in [-0.3, -0.25) is 0 Å². The second-order valence-electron chi connectivity index (χ2n) is 11.4. The highest BCUT2D eigenvalue weighted by Gasteiger charge is 2.34. The summed E-state index contributed by atoms with van der Waals surface area (Å²) in [5, 5.41) is 2.37. The molecule has 0 bridgehead atoms. The van der Waals surface area contributed by atoms with Crippen LogP contribution < -0.4 is 15.4 Å². The van der Waals surface area contributed by atoms with Crippen LogP contribution in [0.1, 0.15) is 42.2 Å². The van der Waals surface area contributed by atoms with E-state index in [4.69, 9.17) is 14.1 Å². The van der Waals surface area contributed by atoms with Crippen molar-refractivity contribution in [2.75, 3.05) is 0 Å². The van der Waals surface area contributed by atoms with E-state index in [0.29, 0.717) is 5.92 Å². The van der Waals surface area contributed by atoms with E-state index in [1.54, 1.807) is 0 Å². The van der Waals surface area contributed by atoms with Gasteiger partial charge in [0.15, 0.2) is 0 Å². The lowest BCUT2D eigenvalue weighted by Gasteiger charge is -2.20. The standard InChI is InChI=1S/C37H28N2O2/c1-2-6-23(7-3-1)26-13-15-33-28(18-26)30-20-31-29-19-27(14-16-34(29)41-36(31)21-35(30)40-33)24-9-11-25(12-10-24)32-22-39-17-5-4-8-37(39)38-32/h2,4-13,15-22,27-28,33H,1,3,14H2. The number of nitrogens with zero attached hydrogens (tertiary/aromatic N) is 2. The first-order valence-electron chi connectivity index (χ1n) is 14.5. The summed E-state index contributed by atoms with van der Waals surface area (Å²) >= 11 is 0. The Bertz CT molecular complexity index is 2080. The van der Waals surface area contributed by atoms with Crippen LogP contribution in [-0.2, 0) is 0 Å². The van der Waals surface area contributed by atoms with Crippen LogP contribution in [-0.4, -0.2) is 15.5 Å². The minimum Gasteiger partial charge on any atom is -0.485 e. The van der Waals surface area contributed by atoms with E-state index in [9.17, 15) is 0 Å². The number of rotatable bonds is 3. The molecule has 0 saturated carbocycles. The van der Waals surface area contributed by atoms with Crippen molar-refractivity contribution in [2.24, 2.45) is 0 Å². The third-order valence-electron chi connectivity index (χ3n) is 8.94. The van der Waals surface area contributed by atoms with E-state index in [1.165, 1.54) is 32.9 Å². The van der Waals surface area contributed by atoms with Gasteiger partial charge in [-0.2, -0.15) is 0 Å². The van der Waals surface area contributed by atoms with Gasteiger partial charge in [-0.1, -0.05) is 66.8 Å². The number of aromatic nitrogens is 2. The molecule has 0 N–H and O–H groups in total. The summed E-state index contributed by atoms with van der Waals surface area (Å²) in [4.78, 5) is 4.78. The quantitative estimate of drug-likeness (QED) is 0.249. The fraction of sp³-hybridized carbons (Fsp3) is 0.162. The molecule has 198 valence electrons. The van der Waals surface area contributed by atoms with Crippen LogP contribution in [0, 0.1) is 0 Å². The molecule has 5 aromatic rings. The number of ether oxygens (including phenoxy) is 1. The summed E-state index contributed by atoms with van der Waals surface area (Å²) in [6.07, 6.45) is 25.6. The average molecular weight is 533 g/mol. The van der Waals surface area contributed by atoms with Crippen molar-refractivity contribution in [3.8, 4) is 17.0 Å². The van der Waals surface area contributed by atoms with Gasteiger partial charge < -0.3 is 13.6 Å². The van der Waals surface area contributed by atoms with Gasteiger partial charge in [0, 0.05) is 52.0 Å². The van der Waals surface area contributed by atoms with Gasteiger partial charge in [-0.25, -0.2) is 4.98 Å². The molecule has 4 heterocycles. The van der Waals surface area contributed by atoms with Gasteiger partial charge in [-0.15, -0.1) is 0 Å². The largest absolute Gasteiger partial charge is 0.485 e. The molecular formula is C37H28N2O2. The Kier molecular flexibility index (Phi) is 4.94. The Morgan fingerprint density at radius 1 is 0.902 bits per heavy atom. The zero-order chi connectivity index (χ0) is 26.9. The summed E-state index contributed by atoms with van der Waals surface area (Å²) < 4.78 is 14.8. The molecule has 0 spiro atoms. The SMILES string of the molecule is C1=CC(C2=CC3c4cc5c6c(oc5cc4OC3C=C2)=CCC(c2ccc(-c3cn4ccccc4n3)cc2)C=6)=CCC1. The highest BCUT2D eigenvalue weighted by atomic mass is 16.5. The smallest absolute Gasteiger partial charge is 0.139 e. The van der Waals surface area contributed by atoms with Crippen LogP contribution in [0.25, 0.3) is 40.0 Å². The molecule has 3 aromatic heterocycles. The number of furan rings is 1. The van der Waals surface area contributed by atoms with Crippen molar-refractivity contribution in [3.63, 3.8) is 0 Å². The molecular weight excluding hydrogens is 504 g/mol. The van der Waals surface area contributed by atoms with Crippen molar-refractivity contribution < 1.29 is 9.15 Å². The molecule has 4 aliphatic rings. The minimum atomic E-state index is 0.0407. The van der Waals surface area contributed by atoms with E-state index in [0.717, 1.165) is 52.9 Å². The number of allylic oxidation sites excluding steroid dienone is 6. The average Bonchev–Trinajstić information content (AvgIpc) is 3.72. The van der Waals surface area contributed by atoms with Gasteiger partial charge in [0.2, 0.25) is 0 Å². The maximum absolute atomic E-state index is 6.39. The van der Waals surface area contributed by atoms with Crippen LogP contribution in [0.3, 0.4) is 0 Å². The first kappa shape index (κ1) is 22.9. The number of hydrogen-bond donors (Lipinski definition) is 0. The van der Waals surface area contributed by atoms with Gasteiger partial charge >= 0.3 is 0 Å². The predicted octanol–water partition coefficient (Wildman–Crippen LogP) is 7.11. The summed E-state index contributed by atoms with van der Waals surface area (Å²) in [5.74, 6) is 1.45. The highest BCUT2D eigenvalue weighted by Crippen LogP contribution is 2.44. The van der Waals surface area contributed by atoms with Crippen LogP contribution in [0.2, 0.25) is 0 Å². The molecule has 0 saturated heterocycles. The maximum Gasteiger partial charge on any atom is 0.139 e. The third-order valence-corrected chi connectivity index (χ3v) is 8.94. The second-order valence-corrected chi connectivity index (χ2v) is 11.4. The van der Waals surface area contributed by atoms with Crippen LogP contribution in [0.5, 0.6) is 5.75 Å². The fourth-order valence-corrected chi connectivity index (χ4v) is 6.78. The molecule has 1 aliphatic heterocycles. The Morgan fingerprint density at radius 2 is 1.85 bits per heavy atom. The van der Waals surface area contributed by atoms with Gasteiger partial charge in [0.05, 0.1) is 5.69 Å². The van der Waals surface area contributed by atoms with Crippen LogP contribution >= 0.6 is 0 Å². The number of imidazole rings is 1. The zero-order valence-corrected chi connectivity index (χ0v) is 22.5. The molecule has 3 aliphatic carbocycles. The number of pyridine rings is 1. The third kappa shape index (κ3) is 3.71. The minimum absolute atomic E-state index is 0.0407. The molecule has 4 nitrogen and oxygen atoms in total. The summed E-state index contributed by atoms with van der Waals surface area (Å²) in [5.41, 5.74) is 10.1. The van der Waals surface area contributed by atoms with E-state index in [2.05, 4.69) is 95.6 Å². The van der Waals surface area contributed by atoms with Crippen molar-refractivity contribution in [2.45, 2.75) is 37.2 Å². The van der Waals surface area contributed by atoms with Crippen LogP contribution in [0.4, 0.5) is 0 Å². The Balaban J connectivity index is 1.07. The van der Waals surface area contributed by atoms with Crippen LogP contribution in [0.15, 0.2) is 119 Å². The number of hydrogen-bond acceptors (Lipinski definition) is 3. The van der Waals surface area contributed by atoms with E-state index in [-0.39, 0.29) is 12.0 Å². The first-order valence-corrected chi connectivity index (χ1v) is 14.5. The molecule has 0 radical (unpaired) electrons. The van der Waals surface area contributed by atoms with Gasteiger partial charge in [-0.05, 0) is 66.3 Å². The lowest BCUT2D eigenvalue weighted by Crippen LogP contribution is -2.25. The van der Waals surface area contributed by atoms with E-state index >= 15 is 0 Å². The van der Waals surface area contributed by atoms with E-state index < -0.39 is 0 Å². The van der Waals surface area contributed by atoms with Gasteiger partial charge in [0.25, 0.3) is 0 Å². The zero-order valence-electron chi connectivity index (χ0n) is 22.5. The van der Waals surface area contributed by atoms with E-state index in [1.807, 2.05) is 24.4 Å². The number of benzene rings is 2. The van der Waals surface area contributed by atoms with Crippen molar-refractivity contribution in [1.82, 2.24) is 9.38 Å². The summed E-state index contributed by atoms with van der Waals surface area (Å²) in [6, 6.07) is 19.4. The second kappa shape index (κ2) is 8.84. The first-order chi connectivity index (χ1) is 20.3. The Labute approximate surface area is 237 Å². The normalized spacial score (nSPS) is 22.3. The predicted molar refractivity (Wildman–Crippen MR) is 163 cm³/mol. The molecule has 41 heavy (non-hydrogen) atoms. The van der Waals surface area contributed by atoms with Crippen molar-refractivity contribution in [3.05, 3.63) is 136 Å². The summed E-state index contributed by atoms with van der Waals surface area (Å²) in [7, 11) is 0. The molecule has 0 fully saturated rings. The molecule has 4 heteroatoms. The fourth-order valence-electron chi connectivity index (χ4n) is 6.78. The maximum atomic E-state index is 6.39. The highest BCUT2D eigenvalue weighted by molar-refractivity contribution is 5.84. The molecule has 0 amide bonds. The van der Waals surface area contributed by atoms with Gasteiger partial charge in [0.1, 0.15) is 28.5 Å². The molecule has 3 unspecified atom stereocenters. The number of fused-ring (bicyclic) bond motifs is 7. The molecule has 3 atom stereocenters. The molecule has 9 rings (SSSR count). The van der Waals surface area contributed by atoms with Crippen molar-refractivity contribution >= 4 is 28.8 Å². The lowest BCUT2D eigenvalue weighted by atomic mass is 9.85. The Morgan fingerprint density at radius 3 is 2.73 bits per heavy atom. The molecule has 2 aromatic carbocycles. The monoisotopic (exact) mass is 532 g/mol. The topological polar surface area (TPSA) is 39.7 Å².